The highest BCUT2D eigenvalue weighted by Gasteiger charge is 2.65. The molecule has 2 heterocycles. The summed E-state index contributed by atoms with van der Waals surface area (Å²) in [5, 5.41) is 27.8. The molecule has 13 heteroatoms. The lowest BCUT2D eigenvalue weighted by atomic mass is 9.55. The summed E-state index contributed by atoms with van der Waals surface area (Å²) in [6.45, 7) is 9.51. The fourth-order valence-corrected chi connectivity index (χ4v) is 11.1. The first kappa shape index (κ1) is 52.5. The van der Waals surface area contributed by atoms with Gasteiger partial charge in [-0.2, -0.15) is 0 Å². The molecule has 2 aliphatic carbocycles. The van der Waals surface area contributed by atoms with Gasteiger partial charge in [-0.15, -0.1) is 6.58 Å². The van der Waals surface area contributed by atoms with E-state index in [9.17, 15) is 15.0 Å². The second kappa shape index (κ2) is 26.7. The van der Waals surface area contributed by atoms with Crippen LogP contribution in [0.5, 0.6) is 23.0 Å². The molecule has 3 aromatic rings. The Balaban J connectivity index is 1.38. The molecule has 3 aromatic carbocycles. The largest absolute Gasteiger partial charge is 0.459 e. The van der Waals surface area contributed by atoms with E-state index in [1.165, 1.54) is 32.1 Å². The summed E-state index contributed by atoms with van der Waals surface area (Å²) < 4.78 is 32.2. The smallest absolute Gasteiger partial charge is 0.412 e. The molecule has 13 nitrogen and oxygen atoms in total. The number of carbonyl (C=O) groups excluding carboxylic acids is 2. The summed E-state index contributed by atoms with van der Waals surface area (Å²) in [4.78, 5) is 36.6. The number of fused-ring (bicyclic) bond motifs is 3. The quantitative estimate of drug-likeness (QED) is 0.0347. The molecule has 0 bridgehead atoms. The van der Waals surface area contributed by atoms with Crippen LogP contribution in [-0.4, -0.2) is 77.8 Å². The van der Waals surface area contributed by atoms with Crippen LogP contribution in [0.15, 0.2) is 96.2 Å². The highest BCUT2D eigenvalue weighted by atomic mass is 16.7. The van der Waals surface area contributed by atoms with Crippen molar-refractivity contribution in [2.24, 2.45) is 22.9 Å². The van der Waals surface area contributed by atoms with Gasteiger partial charge < -0.3 is 49.0 Å². The molecule has 0 aromatic heterocycles. The second-order valence-corrected chi connectivity index (χ2v) is 19.2. The number of benzene rings is 3. The Morgan fingerprint density at radius 3 is 2.31 bits per heavy atom. The fraction of sp³-hybridized carbons (Fsp3) is 0.561. The van der Waals surface area contributed by atoms with E-state index in [4.69, 9.17) is 33.7 Å². The van der Waals surface area contributed by atoms with Crippen LogP contribution in [0.3, 0.4) is 0 Å². The maximum absolute atomic E-state index is 15.4. The maximum atomic E-state index is 15.4. The SMILES string of the molecule is C=CCO[C@@]12Oc3ccc(OC(=O)NCC)cc3[C@H]3[C@H](CCCCO)[C@@H](CCCCO)C=C(C(=NOCc4ccccc4)C[C@@H]1N(Cc1ccc4c(c1)OCO4)C(=O)CCCCCCCCCCC)[C@H]32. The molecule has 7 rings (SSSR count). The number of allylic oxidation sites excluding steroid dienone is 1. The molecule has 0 unspecified atom stereocenters. The van der Waals surface area contributed by atoms with Crippen molar-refractivity contribution in [3.05, 3.63) is 108 Å². The lowest BCUT2D eigenvalue weighted by Crippen LogP contribution is -2.70. The average Bonchev–Trinajstić information content (AvgIpc) is 3.84. The summed E-state index contributed by atoms with van der Waals surface area (Å²) in [6.07, 6.45) is 18.7. The van der Waals surface area contributed by atoms with Gasteiger partial charge in [0.05, 0.1) is 18.2 Å². The standard InChI is InChI=1S/C57H77N3O10/c1-4-7-8-9-10-11-12-13-17-26-53(63)60(38-42-27-29-50-51(34-42)66-40-65-50)52-37-48(59-68-39-41-22-15-14-16-23-41)46-35-43(24-18-20-31-61)45(25-19-21-32-62)54-47-36-44(69-56(64)58-6-3)28-30-49(47)70-57(52,55(46)54)67-33-5-2/h5,14-16,22-23,27-30,34-36,43,45,52,54-55,61-62H,2,4,6-13,17-21,24-26,31-33,37-40H2,1,3H3,(H,58,64)/t43-,45+,52-,54+,55+,57+/m0/s1. The fourth-order valence-electron chi connectivity index (χ4n) is 11.1. The maximum Gasteiger partial charge on any atom is 0.412 e. The molecular weight excluding hydrogens is 887 g/mol. The summed E-state index contributed by atoms with van der Waals surface area (Å²) in [6, 6.07) is 20.6. The van der Waals surface area contributed by atoms with Crippen molar-refractivity contribution in [2.75, 3.05) is 33.2 Å². The van der Waals surface area contributed by atoms with E-state index < -0.39 is 23.8 Å². The third-order valence-electron chi connectivity index (χ3n) is 14.4. The number of nitrogens with one attached hydrogen (secondary N) is 1. The van der Waals surface area contributed by atoms with E-state index >= 15 is 4.79 Å². The first-order valence-corrected chi connectivity index (χ1v) is 26.2. The Hall–Kier alpha value is -5.37. The molecular formula is C57H77N3O10. The van der Waals surface area contributed by atoms with E-state index in [1.54, 1.807) is 12.1 Å². The van der Waals surface area contributed by atoms with E-state index in [1.807, 2.05) is 72.5 Å². The van der Waals surface area contributed by atoms with Gasteiger partial charge in [-0.1, -0.05) is 125 Å². The first-order chi connectivity index (χ1) is 34.3. The molecule has 70 heavy (non-hydrogen) atoms. The predicted octanol–water partition coefficient (Wildman–Crippen LogP) is 11.3. The topological polar surface area (TPSA) is 158 Å². The minimum atomic E-state index is -1.45. The first-order valence-electron chi connectivity index (χ1n) is 26.2. The number of hydrogen-bond acceptors (Lipinski definition) is 11. The molecule has 6 atom stereocenters. The Kier molecular flexibility index (Phi) is 20.0. The zero-order valence-corrected chi connectivity index (χ0v) is 41.6. The summed E-state index contributed by atoms with van der Waals surface area (Å²) in [7, 11) is 0. The van der Waals surface area contributed by atoms with Gasteiger partial charge in [0.2, 0.25) is 18.5 Å². The van der Waals surface area contributed by atoms with Crippen LogP contribution >= 0.6 is 0 Å². The van der Waals surface area contributed by atoms with E-state index in [0.717, 1.165) is 73.6 Å². The van der Waals surface area contributed by atoms with Crippen molar-refractivity contribution in [3.63, 3.8) is 0 Å². The number of nitrogens with zero attached hydrogens (tertiary/aromatic N) is 2. The third-order valence-corrected chi connectivity index (χ3v) is 14.4. The molecule has 0 spiro atoms. The van der Waals surface area contributed by atoms with Crippen molar-refractivity contribution in [2.45, 2.75) is 154 Å². The van der Waals surface area contributed by atoms with Gasteiger partial charge in [0.25, 0.3) is 0 Å². The van der Waals surface area contributed by atoms with Gasteiger partial charge in [-0.05, 0) is 97.9 Å². The Morgan fingerprint density at radius 2 is 1.57 bits per heavy atom. The molecule has 2 aliphatic heterocycles. The molecule has 380 valence electrons. The molecule has 4 aliphatic rings. The predicted molar refractivity (Wildman–Crippen MR) is 271 cm³/mol. The highest BCUT2D eigenvalue weighted by molar-refractivity contribution is 6.03. The lowest BCUT2D eigenvalue weighted by Gasteiger charge is -2.60. The van der Waals surface area contributed by atoms with E-state index in [-0.39, 0.29) is 69.8 Å². The molecule has 0 saturated heterocycles. The molecule has 0 radical (unpaired) electrons. The number of unbranched alkanes of at least 4 members (excludes halogenated alkanes) is 10. The van der Waals surface area contributed by atoms with Gasteiger partial charge >= 0.3 is 6.09 Å². The normalized spacial score (nSPS) is 22.3. The lowest BCUT2D eigenvalue weighted by molar-refractivity contribution is -0.258. The van der Waals surface area contributed by atoms with Crippen molar-refractivity contribution >= 4 is 17.7 Å². The third kappa shape index (κ3) is 13.1. The minimum absolute atomic E-state index is 0.00158. The summed E-state index contributed by atoms with van der Waals surface area (Å²) in [5.74, 6) is 0.00517. The summed E-state index contributed by atoms with van der Waals surface area (Å²) in [5.41, 5.74) is 4.35. The van der Waals surface area contributed by atoms with Gasteiger partial charge in [-0.25, -0.2) is 4.79 Å². The molecule has 2 amide bonds. The van der Waals surface area contributed by atoms with Crippen LogP contribution in [-0.2, 0) is 27.5 Å². The Labute approximate surface area is 415 Å². The molecule has 3 N–H and O–H groups in total. The Bertz CT molecular complexity index is 2210. The van der Waals surface area contributed by atoms with Crippen molar-refractivity contribution < 1.29 is 48.3 Å². The van der Waals surface area contributed by atoms with Crippen molar-refractivity contribution in [1.29, 1.82) is 0 Å². The zero-order valence-electron chi connectivity index (χ0n) is 41.6. The Morgan fingerprint density at radius 1 is 0.843 bits per heavy atom. The van der Waals surface area contributed by atoms with Crippen molar-refractivity contribution in [3.8, 4) is 23.0 Å². The summed E-state index contributed by atoms with van der Waals surface area (Å²) >= 11 is 0. The van der Waals surface area contributed by atoms with Crippen LogP contribution in [0.25, 0.3) is 0 Å². The zero-order chi connectivity index (χ0) is 49.1. The van der Waals surface area contributed by atoms with Crippen LogP contribution in [0.1, 0.15) is 146 Å². The number of rotatable bonds is 29. The van der Waals surface area contributed by atoms with Crippen LogP contribution in [0, 0.1) is 17.8 Å². The average molecular weight is 964 g/mol. The van der Waals surface area contributed by atoms with E-state index in [0.29, 0.717) is 54.5 Å². The number of amides is 2. The van der Waals surface area contributed by atoms with Crippen LogP contribution < -0.4 is 24.3 Å². The van der Waals surface area contributed by atoms with Gasteiger partial charge in [0.15, 0.2) is 11.5 Å². The number of hydrogen-bond donors (Lipinski definition) is 3. The molecule has 1 fully saturated rings. The van der Waals surface area contributed by atoms with Crippen molar-refractivity contribution in [1.82, 2.24) is 10.2 Å². The number of aliphatic hydroxyl groups excluding tert-OH is 2. The van der Waals surface area contributed by atoms with Gasteiger partial charge in [0.1, 0.15) is 24.1 Å². The number of aliphatic hydroxyl groups is 2. The number of oxime groups is 1. The highest BCUT2D eigenvalue weighted by Crippen LogP contribution is 2.62. The van der Waals surface area contributed by atoms with Crippen LogP contribution in [0.2, 0.25) is 0 Å². The molecule has 1 saturated carbocycles. The van der Waals surface area contributed by atoms with Gasteiger partial charge in [0, 0.05) is 50.6 Å². The monoisotopic (exact) mass is 964 g/mol. The number of ether oxygens (including phenoxy) is 5. The van der Waals surface area contributed by atoms with E-state index in [2.05, 4.69) is 24.9 Å². The van der Waals surface area contributed by atoms with Crippen LogP contribution in [0.4, 0.5) is 4.79 Å². The minimum Gasteiger partial charge on any atom is -0.459 e. The second-order valence-electron chi connectivity index (χ2n) is 19.2. The number of carbonyl (C=O) groups is 2. The van der Waals surface area contributed by atoms with Gasteiger partial charge in [-0.3, -0.25) is 4.79 Å².